The Labute approximate surface area is 98.0 Å². The Bertz CT molecular complexity index is 492. The van der Waals surface area contributed by atoms with Crippen molar-refractivity contribution in [1.82, 2.24) is 4.98 Å². The summed E-state index contributed by atoms with van der Waals surface area (Å²) in [4.78, 5) is 36.2. The second kappa shape index (κ2) is 5.29. The minimum atomic E-state index is -0.937. The maximum atomic E-state index is 11.5. The molecule has 2 N–H and O–H groups in total. The minimum absolute atomic E-state index is 0.125. The van der Waals surface area contributed by atoms with Crippen LogP contribution in [0.1, 0.15) is 19.5 Å². The zero-order chi connectivity index (χ0) is 13.0. The number of aromatic nitrogens is 1. The van der Waals surface area contributed by atoms with Crippen LogP contribution >= 0.6 is 0 Å². The number of anilines is 1. The number of esters is 1. The monoisotopic (exact) mass is 238 g/mol. The SMILES string of the molecule is CC(=O)OC(C)C(=O)Nc1ccc(C)[nH]c1=O. The number of hydrogen-bond donors (Lipinski definition) is 2. The van der Waals surface area contributed by atoms with Gasteiger partial charge in [-0.05, 0) is 26.0 Å². The summed E-state index contributed by atoms with van der Waals surface area (Å²) >= 11 is 0. The van der Waals surface area contributed by atoms with Crippen molar-refractivity contribution in [3.8, 4) is 0 Å². The topological polar surface area (TPSA) is 88.3 Å². The van der Waals surface area contributed by atoms with Crippen LogP contribution in [0.5, 0.6) is 0 Å². The molecule has 1 aromatic heterocycles. The van der Waals surface area contributed by atoms with Gasteiger partial charge in [0.2, 0.25) is 0 Å². The second-order valence-corrected chi connectivity index (χ2v) is 3.63. The van der Waals surface area contributed by atoms with E-state index in [0.717, 1.165) is 0 Å². The summed E-state index contributed by atoms with van der Waals surface area (Å²) in [6, 6.07) is 3.15. The highest BCUT2D eigenvalue weighted by molar-refractivity contribution is 5.94. The quantitative estimate of drug-likeness (QED) is 0.753. The number of carbonyl (C=O) groups is 2. The van der Waals surface area contributed by atoms with Gasteiger partial charge in [0.25, 0.3) is 11.5 Å². The Morgan fingerprint density at radius 1 is 1.41 bits per heavy atom. The average Bonchev–Trinajstić information content (AvgIpc) is 2.21. The molecule has 0 aliphatic carbocycles. The molecule has 6 nitrogen and oxygen atoms in total. The first-order valence-electron chi connectivity index (χ1n) is 5.08. The van der Waals surface area contributed by atoms with Gasteiger partial charge >= 0.3 is 5.97 Å². The summed E-state index contributed by atoms with van der Waals surface area (Å²) < 4.78 is 4.68. The van der Waals surface area contributed by atoms with Crippen molar-refractivity contribution in [2.45, 2.75) is 26.9 Å². The number of ether oxygens (including phenoxy) is 1. The average molecular weight is 238 g/mol. The lowest BCUT2D eigenvalue weighted by atomic mass is 10.3. The molecule has 0 spiro atoms. The number of aromatic amines is 1. The number of aryl methyl sites for hydroxylation is 1. The molecule has 1 amide bonds. The Morgan fingerprint density at radius 2 is 2.06 bits per heavy atom. The molecule has 0 aliphatic heterocycles. The normalized spacial score (nSPS) is 11.7. The van der Waals surface area contributed by atoms with Crippen LogP contribution in [0.25, 0.3) is 0 Å². The van der Waals surface area contributed by atoms with Crippen LogP contribution in [-0.2, 0) is 14.3 Å². The summed E-state index contributed by atoms with van der Waals surface area (Å²) in [7, 11) is 0. The third-order valence-corrected chi connectivity index (χ3v) is 2.03. The van der Waals surface area contributed by atoms with Gasteiger partial charge in [-0.1, -0.05) is 0 Å². The predicted octanol–water partition coefficient (Wildman–Crippen LogP) is 0.573. The van der Waals surface area contributed by atoms with E-state index < -0.39 is 23.5 Å². The van der Waals surface area contributed by atoms with Crippen molar-refractivity contribution in [1.29, 1.82) is 0 Å². The Kier molecular flexibility index (Phi) is 4.03. The predicted molar refractivity (Wildman–Crippen MR) is 61.7 cm³/mol. The summed E-state index contributed by atoms with van der Waals surface area (Å²) in [6.45, 7) is 4.37. The maximum absolute atomic E-state index is 11.5. The number of amides is 1. The number of pyridine rings is 1. The first kappa shape index (κ1) is 13.0. The maximum Gasteiger partial charge on any atom is 0.303 e. The molecule has 6 heteroatoms. The molecule has 1 heterocycles. The Hall–Kier alpha value is -2.11. The van der Waals surface area contributed by atoms with E-state index in [-0.39, 0.29) is 5.69 Å². The number of rotatable bonds is 3. The van der Waals surface area contributed by atoms with E-state index >= 15 is 0 Å². The van der Waals surface area contributed by atoms with Crippen LogP contribution < -0.4 is 10.9 Å². The molecule has 0 aliphatic rings. The van der Waals surface area contributed by atoms with Crippen molar-refractivity contribution in [2.24, 2.45) is 0 Å². The van der Waals surface area contributed by atoms with Gasteiger partial charge in [-0.3, -0.25) is 14.4 Å². The van der Waals surface area contributed by atoms with Gasteiger partial charge in [-0.2, -0.15) is 0 Å². The Morgan fingerprint density at radius 3 is 2.59 bits per heavy atom. The van der Waals surface area contributed by atoms with E-state index in [1.807, 2.05) is 0 Å². The van der Waals surface area contributed by atoms with Crippen LogP contribution in [0.3, 0.4) is 0 Å². The van der Waals surface area contributed by atoms with Crippen molar-refractivity contribution in [3.63, 3.8) is 0 Å². The highest BCUT2D eigenvalue weighted by Crippen LogP contribution is 2.02. The summed E-state index contributed by atoms with van der Waals surface area (Å²) in [5.41, 5.74) is 0.425. The highest BCUT2D eigenvalue weighted by Gasteiger charge is 2.16. The summed E-state index contributed by atoms with van der Waals surface area (Å²) in [5, 5.41) is 2.38. The van der Waals surface area contributed by atoms with Crippen molar-refractivity contribution in [2.75, 3.05) is 5.32 Å². The van der Waals surface area contributed by atoms with Gasteiger partial charge in [0.1, 0.15) is 5.69 Å². The standard InChI is InChI=1S/C11H14N2O4/c1-6-4-5-9(11(16)12-6)13-10(15)7(2)17-8(3)14/h4-5,7H,1-3H3,(H,12,16)(H,13,15). The first-order valence-corrected chi connectivity index (χ1v) is 5.08. The van der Waals surface area contributed by atoms with Crippen LogP contribution in [0.15, 0.2) is 16.9 Å². The number of H-pyrrole nitrogens is 1. The second-order valence-electron chi connectivity index (χ2n) is 3.63. The van der Waals surface area contributed by atoms with Gasteiger partial charge in [0, 0.05) is 12.6 Å². The molecule has 92 valence electrons. The van der Waals surface area contributed by atoms with Crippen LogP contribution in [-0.4, -0.2) is 23.0 Å². The molecule has 0 aromatic carbocycles. The van der Waals surface area contributed by atoms with Gasteiger partial charge in [-0.15, -0.1) is 0 Å². The lowest BCUT2D eigenvalue weighted by Crippen LogP contribution is -2.31. The molecule has 17 heavy (non-hydrogen) atoms. The van der Waals surface area contributed by atoms with Gasteiger partial charge in [-0.25, -0.2) is 0 Å². The van der Waals surface area contributed by atoms with E-state index in [1.165, 1.54) is 19.9 Å². The lowest BCUT2D eigenvalue weighted by molar-refractivity contribution is -0.150. The van der Waals surface area contributed by atoms with Crippen LogP contribution in [0.2, 0.25) is 0 Å². The molecule has 0 saturated heterocycles. The molecule has 1 unspecified atom stereocenters. The van der Waals surface area contributed by atoms with Crippen molar-refractivity contribution < 1.29 is 14.3 Å². The fourth-order valence-corrected chi connectivity index (χ4v) is 1.21. The number of hydrogen-bond acceptors (Lipinski definition) is 4. The van der Waals surface area contributed by atoms with E-state index in [4.69, 9.17) is 0 Å². The summed E-state index contributed by atoms with van der Waals surface area (Å²) in [6.07, 6.45) is -0.937. The minimum Gasteiger partial charge on any atom is -0.453 e. The van der Waals surface area contributed by atoms with Crippen molar-refractivity contribution >= 4 is 17.6 Å². The molecule has 0 saturated carbocycles. The molecule has 1 atom stereocenters. The number of carbonyl (C=O) groups excluding carboxylic acids is 2. The van der Waals surface area contributed by atoms with Crippen LogP contribution in [0.4, 0.5) is 5.69 Å². The largest absolute Gasteiger partial charge is 0.453 e. The van der Waals surface area contributed by atoms with Gasteiger partial charge < -0.3 is 15.0 Å². The Balaban J connectivity index is 2.74. The molecule has 0 bridgehead atoms. The molecule has 0 radical (unpaired) electrons. The molecule has 0 fully saturated rings. The fourth-order valence-electron chi connectivity index (χ4n) is 1.21. The zero-order valence-electron chi connectivity index (χ0n) is 9.87. The molecule has 1 rings (SSSR count). The zero-order valence-corrected chi connectivity index (χ0v) is 9.87. The van der Waals surface area contributed by atoms with E-state index in [0.29, 0.717) is 5.69 Å². The highest BCUT2D eigenvalue weighted by atomic mass is 16.5. The van der Waals surface area contributed by atoms with Crippen LogP contribution in [0, 0.1) is 6.92 Å². The first-order chi connectivity index (χ1) is 7.90. The third kappa shape index (κ3) is 3.75. The molecular weight excluding hydrogens is 224 g/mol. The van der Waals surface area contributed by atoms with Gasteiger partial charge in [0.05, 0.1) is 0 Å². The smallest absolute Gasteiger partial charge is 0.303 e. The third-order valence-electron chi connectivity index (χ3n) is 2.03. The molecular formula is C11H14N2O4. The summed E-state index contributed by atoms with van der Waals surface area (Å²) in [5.74, 6) is -1.10. The van der Waals surface area contributed by atoms with E-state index in [2.05, 4.69) is 15.0 Å². The lowest BCUT2D eigenvalue weighted by Gasteiger charge is -2.11. The molecule has 1 aromatic rings. The van der Waals surface area contributed by atoms with E-state index in [9.17, 15) is 14.4 Å². The van der Waals surface area contributed by atoms with Gasteiger partial charge in [0.15, 0.2) is 6.10 Å². The number of nitrogens with one attached hydrogen (secondary N) is 2. The fraction of sp³-hybridized carbons (Fsp3) is 0.364. The van der Waals surface area contributed by atoms with E-state index in [1.54, 1.807) is 13.0 Å². The van der Waals surface area contributed by atoms with Crippen molar-refractivity contribution in [3.05, 3.63) is 28.2 Å².